The van der Waals surface area contributed by atoms with E-state index >= 15 is 0 Å². The third kappa shape index (κ3) is 6.52. The van der Waals surface area contributed by atoms with E-state index < -0.39 is 0 Å². The van der Waals surface area contributed by atoms with Gasteiger partial charge in [0.15, 0.2) is 5.82 Å². The highest BCUT2D eigenvalue weighted by atomic mass is 16.5. The van der Waals surface area contributed by atoms with Crippen molar-refractivity contribution >= 4 is 17.6 Å². The molecule has 0 spiro atoms. The van der Waals surface area contributed by atoms with Crippen LogP contribution in [-0.2, 0) is 9.59 Å². The van der Waals surface area contributed by atoms with Gasteiger partial charge < -0.3 is 14.7 Å². The van der Waals surface area contributed by atoms with E-state index in [4.69, 9.17) is 4.52 Å². The topological polar surface area (TPSA) is 75.4 Å². The van der Waals surface area contributed by atoms with E-state index in [-0.39, 0.29) is 24.3 Å². The highest BCUT2D eigenvalue weighted by Gasteiger charge is 2.27. The number of unbranched alkanes of at least 4 members (excludes halogenated alkanes) is 3. The molecule has 1 aliphatic carbocycles. The van der Waals surface area contributed by atoms with E-state index in [2.05, 4.69) is 17.4 Å². The van der Waals surface area contributed by atoms with Crippen LogP contribution in [0.4, 0.5) is 5.82 Å². The summed E-state index contributed by atoms with van der Waals surface area (Å²) in [6.07, 6.45) is 9.71. The Balaban J connectivity index is 1.91. The first-order valence-corrected chi connectivity index (χ1v) is 9.62. The van der Waals surface area contributed by atoms with Gasteiger partial charge in [-0.3, -0.25) is 9.59 Å². The molecule has 0 saturated heterocycles. The molecule has 0 radical (unpaired) electrons. The SMILES string of the molecule is CCCCCCN(CC(=O)Nc1cc(C)on1)C(=O)C1CCCCC1. The maximum atomic E-state index is 12.9. The number of carbonyl (C=O) groups is 2. The number of anilines is 1. The second-order valence-corrected chi connectivity index (χ2v) is 7.03. The van der Waals surface area contributed by atoms with Crippen molar-refractivity contribution in [2.45, 2.75) is 71.6 Å². The van der Waals surface area contributed by atoms with Crippen molar-refractivity contribution in [3.05, 3.63) is 11.8 Å². The lowest BCUT2D eigenvalue weighted by molar-refractivity contribution is -0.139. The van der Waals surface area contributed by atoms with E-state index in [0.717, 1.165) is 51.4 Å². The number of aromatic nitrogens is 1. The molecule has 0 aliphatic heterocycles. The van der Waals surface area contributed by atoms with Crippen LogP contribution >= 0.6 is 0 Å². The molecule has 1 aliphatic rings. The normalized spacial score (nSPS) is 15.1. The standard InChI is InChI=1S/C19H31N3O3/c1-3-4-5-9-12-22(19(24)16-10-7-6-8-11-16)14-18(23)20-17-13-15(2)25-21-17/h13,16H,3-12,14H2,1-2H3,(H,20,21,23). The number of nitrogens with zero attached hydrogens (tertiary/aromatic N) is 2. The zero-order valence-corrected chi connectivity index (χ0v) is 15.6. The first kappa shape index (κ1) is 19.5. The van der Waals surface area contributed by atoms with Gasteiger partial charge in [0.25, 0.3) is 0 Å². The molecule has 1 heterocycles. The van der Waals surface area contributed by atoms with Crippen molar-refractivity contribution in [2.24, 2.45) is 5.92 Å². The number of carbonyl (C=O) groups excluding carboxylic acids is 2. The summed E-state index contributed by atoms with van der Waals surface area (Å²) < 4.78 is 4.96. The summed E-state index contributed by atoms with van der Waals surface area (Å²) in [5.41, 5.74) is 0. The van der Waals surface area contributed by atoms with Crippen molar-refractivity contribution in [1.82, 2.24) is 10.1 Å². The molecule has 0 aromatic carbocycles. The zero-order valence-electron chi connectivity index (χ0n) is 15.6. The van der Waals surface area contributed by atoms with Crippen molar-refractivity contribution in [3.63, 3.8) is 0 Å². The van der Waals surface area contributed by atoms with Gasteiger partial charge in [0.2, 0.25) is 11.8 Å². The lowest BCUT2D eigenvalue weighted by atomic mass is 9.88. The molecule has 0 atom stereocenters. The molecular formula is C19H31N3O3. The van der Waals surface area contributed by atoms with Crippen LogP contribution in [0.2, 0.25) is 0 Å². The summed E-state index contributed by atoms with van der Waals surface area (Å²) in [6, 6.07) is 1.67. The monoisotopic (exact) mass is 349 g/mol. The third-order valence-corrected chi connectivity index (χ3v) is 4.78. The van der Waals surface area contributed by atoms with Crippen LogP contribution in [0.1, 0.15) is 70.5 Å². The smallest absolute Gasteiger partial charge is 0.245 e. The molecule has 2 amide bonds. The predicted octanol–water partition coefficient (Wildman–Crippen LogP) is 3.91. The van der Waals surface area contributed by atoms with E-state index in [1.54, 1.807) is 17.9 Å². The van der Waals surface area contributed by atoms with E-state index in [0.29, 0.717) is 18.1 Å². The minimum absolute atomic E-state index is 0.0852. The minimum atomic E-state index is -0.215. The Kier molecular flexibility index (Phi) is 7.95. The van der Waals surface area contributed by atoms with Crippen LogP contribution in [0.25, 0.3) is 0 Å². The summed E-state index contributed by atoms with van der Waals surface area (Å²) in [6.45, 7) is 4.68. The Morgan fingerprint density at radius 2 is 2.00 bits per heavy atom. The molecule has 1 aromatic rings. The largest absolute Gasteiger partial charge is 0.360 e. The number of amides is 2. The first-order chi connectivity index (χ1) is 12.1. The van der Waals surface area contributed by atoms with Crippen LogP contribution in [0.3, 0.4) is 0 Å². The second-order valence-electron chi connectivity index (χ2n) is 7.03. The maximum Gasteiger partial charge on any atom is 0.245 e. The molecule has 6 heteroatoms. The van der Waals surface area contributed by atoms with Crippen LogP contribution in [0.5, 0.6) is 0 Å². The molecular weight excluding hydrogens is 318 g/mol. The van der Waals surface area contributed by atoms with Gasteiger partial charge in [-0.15, -0.1) is 0 Å². The van der Waals surface area contributed by atoms with Crippen LogP contribution in [-0.4, -0.2) is 35.0 Å². The lowest BCUT2D eigenvalue weighted by Gasteiger charge is -2.29. The Morgan fingerprint density at radius 3 is 2.64 bits per heavy atom. The third-order valence-electron chi connectivity index (χ3n) is 4.78. The van der Waals surface area contributed by atoms with E-state index in [1.165, 1.54) is 6.42 Å². The average molecular weight is 349 g/mol. The number of rotatable bonds is 9. The van der Waals surface area contributed by atoms with Crippen molar-refractivity contribution in [2.75, 3.05) is 18.4 Å². The predicted molar refractivity (Wildman–Crippen MR) is 97.2 cm³/mol. The number of nitrogens with one attached hydrogen (secondary N) is 1. The zero-order chi connectivity index (χ0) is 18.1. The Bertz CT molecular complexity index is 550. The van der Waals surface area contributed by atoms with Crippen molar-refractivity contribution in [1.29, 1.82) is 0 Å². The molecule has 1 saturated carbocycles. The Morgan fingerprint density at radius 1 is 1.24 bits per heavy atom. The Hall–Kier alpha value is -1.85. The minimum Gasteiger partial charge on any atom is -0.360 e. The summed E-state index contributed by atoms with van der Waals surface area (Å²) in [5, 5.41) is 6.49. The van der Waals surface area contributed by atoms with Gasteiger partial charge in [-0.05, 0) is 26.2 Å². The molecule has 0 bridgehead atoms. The average Bonchev–Trinajstić information content (AvgIpc) is 3.02. The molecule has 1 fully saturated rings. The van der Waals surface area contributed by atoms with Gasteiger partial charge in [0, 0.05) is 18.5 Å². The highest BCUT2D eigenvalue weighted by molar-refractivity contribution is 5.94. The van der Waals surface area contributed by atoms with E-state index in [1.807, 2.05) is 0 Å². The summed E-state index contributed by atoms with van der Waals surface area (Å²) >= 11 is 0. The second kappa shape index (κ2) is 10.2. The molecule has 25 heavy (non-hydrogen) atoms. The molecule has 6 nitrogen and oxygen atoms in total. The van der Waals surface area contributed by atoms with Gasteiger partial charge in [0.05, 0.1) is 6.54 Å². The van der Waals surface area contributed by atoms with Gasteiger partial charge in [0.1, 0.15) is 5.76 Å². The molecule has 0 unspecified atom stereocenters. The van der Waals surface area contributed by atoms with E-state index in [9.17, 15) is 9.59 Å². The fourth-order valence-corrected chi connectivity index (χ4v) is 3.39. The molecule has 1 aromatic heterocycles. The van der Waals surface area contributed by atoms with Crippen LogP contribution < -0.4 is 5.32 Å². The van der Waals surface area contributed by atoms with Crippen molar-refractivity contribution < 1.29 is 14.1 Å². The van der Waals surface area contributed by atoms with Gasteiger partial charge in [-0.1, -0.05) is 50.6 Å². The molecule has 2 rings (SSSR count). The summed E-state index contributed by atoms with van der Waals surface area (Å²) in [5.74, 6) is 1.06. The fourth-order valence-electron chi connectivity index (χ4n) is 3.39. The number of aryl methyl sites for hydroxylation is 1. The van der Waals surface area contributed by atoms with Gasteiger partial charge in [-0.2, -0.15) is 0 Å². The lowest BCUT2D eigenvalue weighted by Crippen LogP contribution is -2.42. The molecule has 140 valence electrons. The van der Waals surface area contributed by atoms with Gasteiger partial charge >= 0.3 is 0 Å². The summed E-state index contributed by atoms with van der Waals surface area (Å²) in [4.78, 5) is 26.9. The maximum absolute atomic E-state index is 12.9. The van der Waals surface area contributed by atoms with Crippen LogP contribution in [0, 0.1) is 12.8 Å². The number of hydrogen-bond acceptors (Lipinski definition) is 4. The quantitative estimate of drug-likeness (QED) is 0.686. The highest BCUT2D eigenvalue weighted by Crippen LogP contribution is 2.25. The Labute approximate surface area is 150 Å². The molecule has 1 N–H and O–H groups in total. The van der Waals surface area contributed by atoms with Crippen LogP contribution in [0.15, 0.2) is 10.6 Å². The van der Waals surface area contributed by atoms with Crippen molar-refractivity contribution in [3.8, 4) is 0 Å². The fraction of sp³-hybridized carbons (Fsp3) is 0.737. The van der Waals surface area contributed by atoms with Gasteiger partial charge in [-0.25, -0.2) is 0 Å². The summed E-state index contributed by atoms with van der Waals surface area (Å²) in [7, 11) is 0. The number of hydrogen-bond donors (Lipinski definition) is 1. The first-order valence-electron chi connectivity index (χ1n) is 9.62.